The van der Waals surface area contributed by atoms with Crippen molar-refractivity contribution < 1.29 is 8.78 Å². The van der Waals surface area contributed by atoms with Gasteiger partial charge >= 0.3 is 0 Å². The molecule has 0 spiro atoms. The fraction of sp³-hybridized carbons (Fsp3) is 0.125. The highest BCUT2D eigenvalue weighted by Crippen LogP contribution is 2.37. The molecule has 0 aliphatic carbocycles. The maximum Gasteiger partial charge on any atom is 0.187 e. The van der Waals surface area contributed by atoms with Crippen molar-refractivity contribution in [3.8, 4) is 0 Å². The minimum absolute atomic E-state index is 0.0156. The fourth-order valence-corrected chi connectivity index (χ4v) is 1.52. The summed E-state index contributed by atoms with van der Waals surface area (Å²) in [6.07, 6.45) is 0. The summed E-state index contributed by atoms with van der Waals surface area (Å²) in [4.78, 5) is 3.93. The summed E-state index contributed by atoms with van der Waals surface area (Å²) in [6.45, 7) is 1.63. The zero-order chi connectivity index (χ0) is 9.59. The number of aliphatic imine (C=N–C) groups is 1. The Labute approximate surface area is 81.8 Å². The van der Waals surface area contributed by atoms with Gasteiger partial charge in [0.1, 0.15) is 11.5 Å². The first-order valence-electron chi connectivity index (χ1n) is 3.54. The van der Waals surface area contributed by atoms with E-state index in [2.05, 4.69) is 26.2 Å². The largest absolute Gasteiger partial charge is 0.231 e. The van der Waals surface area contributed by atoms with Gasteiger partial charge in [0.25, 0.3) is 0 Å². The first-order chi connectivity index (χ1) is 6.09. The van der Waals surface area contributed by atoms with Crippen LogP contribution in [0, 0.1) is 11.6 Å². The van der Waals surface area contributed by atoms with Crippen LogP contribution >= 0.6 is 15.9 Å². The van der Waals surface area contributed by atoms with Gasteiger partial charge in [-0.05, 0) is 28.9 Å². The molecule has 5 heteroatoms. The van der Waals surface area contributed by atoms with Crippen molar-refractivity contribution in [1.82, 2.24) is 5.32 Å². The van der Waals surface area contributed by atoms with Crippen molar-refractivity contribution in [2.24, 2.45) is 4.99 Å². The van der Waals surface area contributed by atoms with E-state index in [0.29, 0.717) is 11.5 Å². The first-order valence-corrected chi connectivity index (χ1v) is 4.33. The summed E-state index contributed by atoms with van der Waals surface area (Å²) in [7, 11) is 0. The molecule has 0 saturated heterocycles. The number of nitrogens with zero attached hydrogens (tertiary/aromatic N) is 2. The smallest absolute Gasteiger partial charge is 0.187 e. The lowest BCUT2D eigenvalue weighted by Gasteiger charge is -2.01. The number of halogens is 3. The average Bonchev–Trinajstić information content (AvgIpc) is 2.42. The first kappa shape index (κ1) is 8.62. The summed E-state index contributed by atoms with van der Waals surface area (Å²) in [6, 6.07) is 1.41. The van der Waals surface area contributed by atoms with Crippen LogP contribution in [-0.4, -0.2) is 5.84 Å². The third-order valence-electron chi connectivity index (χ3n) is 1.67. The standard InChI is InChI=1S/C8H4BrF2N2/c1-3-12-5-2-4(9)6(10)7(11)8(5)13-3/h2H,1H3. The SMILES string of the molecule is CC1=Nc2cc(Br)c(F)c(F)c2[N]1. The number of hydrogen-bond acceptors (Lipinski definition) is 1. The lowest BCUT2D eigenvalue weighted by Crippen LogP contribution is -2.01. The topological polar surface area (TPSA) is 26.5 Å². The maximum atomic E-state index is 13.2. The second-order valence-electron chi connectivity index (χ2n) is 2.62. The molecule has 0 atom stereocenters. The van der Waals surface area contributed by atoms with Gasteiger partial charge in [-0.2, -0.15) is 0 Å². The van der Waals surface area contributed by atoms with Crippen molar-refractivity contribution in [3.63, 3.8) is 0 Å². The number of benzene rings is 1. The van der Waals surface area contributed by atoms with Gasteiger partial charge in [0.15, 0.2) is 11.6 Å². The normalized spacial score (nSPS) is 13.7. The van der Waals surface area contributed by atoms with Crippen LogP contribution in [0.5, 0.6) is 0 Å². The van der Waals surface area contributed by atoms with Crippen LogP contribution in [0.15, 0.2) is 15.5 Å². The fourth-order valence-electron chi connectivity index (χ4n) is 1.13. The Kier molecular flexibility index (Phi) is 1.83. The number of rotatable bonds is 0. The molecule has 1 aromatic carbocycles. The van der Waals surface area contributed by atoms with Crippen LogP contribution < -0.4 is 5.32 Å². The Bertz CT molecular complexity index is 415. The minimum atomic E-state index is -0.954. The molecular formula is C8H4BrF2N2. The second-order valence-corrected chi connectivity index (χ2v) is 3.48. The molecule has 1 aliphatic heterocycles. The number of amidine groups is 1. The van der Waals surface area contributed by atoms with E-state index in [1.165, 1.54) is 6.07 Å². The molecule has 0 unspecified atom stereocenters. The van der Waals surface area contributed by atoms with Crippen molar-refractivity contribution in [2.75, 3.05) is 0 Å². The van der Waals surface area contributed by atoms with Crippen LogP contribution in [0.3, 0.4) is 0 Å². The van der Waals surface area contributed by atoms with Crippen LogP contribution in [0.2, 0.25) is 0 Å². The molecule has 1 aromatic rings. The lowest BCUT2D eigenvalue weighted by atomic mass is 10.2. The molecule has 2 nitrogen and oxygen atoms in total. The zero-order valence-electron chi connectivity index (χ0n) is 6.61. The van der Waals surface area contributed by atoms with Crippen LogP contribution in [0.25, 0.3) is 0 Å². The molecule has 1 aliphatic rings. The molecule has 13 heavy (non-hydrogen) atoms. The molecule has 0 fully saturated rings. The third kappa shape index (κ3) is 1.23. The molecule has 0 saturated carbocycles. The van der Waals surface area contributed by atoms with Crippen LogP contribution in [-0.2, 0) is 0 Å². The van der Waals surface area contributed by atoms with E-state index in [-0.39, 0.29) is 10.2 Å². The van der Waals surface area contributed by atoms with Crippen LogP contribution in [0.1, 0.15) is 6.92 Å². The van der Waals surface area contributed by atoms with Gasteiger partial charge in [0, 0.05) is 0 Å². The maximum absolute atomic E-state index is 13.2. The highest BCUT2D eigenvalue weighted by Gasteiger charge is 2.22. The molecule has 0 aromatic heterocycles. The van der Waals surface area contributed by atoms with Crippen molar-refractivity contribution in [2.45, 2.75) is 6.92 Å². The zero-order valence-corrected chi connectivity index (χ0v) is 8.19. The van der Waals surface area contributed by atoms with Crippen LogP contribution in [0.4, 0.5) is 20.2 Å². The molecule has 1 heterocycles. The van der Waals surface area contributed by atoms with Crippen molar-refractivity contribution >= 4 is 33.1 Å². The van der Waals surface area contributed by atoms with Crippen molar-refractivity contribution in [3.05, 3.63) is 22.2 Å². The van der Waals surface area contributed by atoms with Gasteiger partial charge in [-0.25, -0.2) is 19.1 Å². The highest BCUT2D eigenvalue weighted by molar-refractivity contribution is 9.10. The molecule has 67 valence electrons. The molecular weight excluding hydrogens is 242 g/mol. The molecule has 2 rings (SSSR count). The van der Waals surface area contributed by atoms with E-state index in [1.807, 2.05) is 0 Å². The minimum Gasteiger partial charge on any atom is -0.231 e. The lowest BCUT2D eigenvalue weighted by molar-refractivity contribution is 0.505. The number of hydrogen-bond donors (Lipinski definition) is 0. The molecule has 0 bridgehead atoms. The van der Waals surface area contributed by atoms with E-state index < -0.39 is 11.6 Å². The van der Waals surface area contributed by atoms with Gasteiger partial charge in [0.05, 0.1) is 10.2 Å². The molecule has 0 amide bonds. The molecule has 0 N–H and O–H groups in total. The summed E-state index contributed by atoms with van der Waals surface area (Å²) < 4.78 is 26.2. The second kappa shape index (κ2) is 2.77. The summed E-state index contributed by atoms with van der Waals surface area (Å²) in [5.74, 6) is -1.44. The number of fused-ring (bicyclic) bond motifs is 1. The summed E-state index contributed by atoms with van der Waals surface area (Å²) in [5.41, 5.74) is 0.349. The highest BCUT2D eigenvalue weighted by atomic mass is 79.9. The quantitative estimate of drug-likeness (QED) is 0.629. The summed E-state index contributed by atoms with van der Waals surface area (Å²) >= 11 is 2.89. The summed E-state index contributed by atoms with van der Waals surface area (Å²) in [5, 5.41) is 3.77. The Morgan fingerprint density at radius 1 is 1.31 bits per heavy atom. The van der Waals surface area contributed by atoms with E-state index in [1.54, 1.807) is 6.92 Å². The third-order valence-corrected chi connectivity index (χ3v) is 2.25. The molecule has 1 radical (unpaired) electrons. The monoisotopic (exact) mass is 245 g/mol. The van der Waals surface area contributed by atoms with E-state index in [9.17, 15) is 8.78 Å². The van der Waals surface area contributed by atoms with Gasteiger partial charge in [0.2, 0.25) is 0 Å². The van der Waals surface area contributed by atoms with E-state index in [0.717, 1.165) is 0 Å². The Hall–Kier alpha value is -0.970. The van der Waals surface area contributed by atoms with E-state index >= 15 is 0 Å². The average molecular weight is 246 g/mol. The van der Waals surface area contributed by atoms with Gasteiger partial charge in [-0.3, -0.25) is 0 Å². The predicted octanol–water partition coefficient (Wildman–Crippen LogP) is 3.03. The Morgan fingerprint density at radius 3 is 2.69 bits per heavy atom. The van der Waals surface area contributed by atoms with Gasteiger partial charge < -0.3 is 0 Å². The van der Waals surface area contributed by atoms with E-state index in [4.69, 9.17) is 0 Å². The Balaban J connectivity index is 2.67. The van der Waals surface area contributed by atoms with Gasteiger partial charge in [-0.15, -0.1) is 0 Å². The van der Waals surface area contributed by atoms with Gasteiger partial charge in [-0.1, -0.05) is 0 Å². The predicted molar refractivity (Wildman–Crippen MR) is 48.6 cm³/mol. The van der Waals surface area contributed by atoms with Crippen molar-refractivity contribution in [1.29, 1.82) is 0 Å². The Morgan fingerprint density at radius 2 is 2.00 bits per heavy atom.